The van der Waals surface area contributed by atoms with E-state index in [1.165, 1.54) is 6.07 Å². The van der Waals surface area contributed by atoms with Crippen molar-refractivity contribution >= 4 is 37.8 Å². The standard InChI is InChI=1S/C22H21Br2FO3/c1-22(2)15(12-20(23)24)11-17(22)21(26)27-13-14-8-9-18(25)19(10-14)28-16-6-4-3-5-7-16/h3-10,12,15,17H,11,13H2,1-2H3. The van der Waals surface area contributed by atoms with E-state index in [-0.39, 0.29) is 29.7 Å². The highest BCUT2D eigenvalue weighted by Crippen LogP contribution is 2.53. The van der Waals surface area contributed by atoms with Crippen LogP contribution in [0.1, 0.15) is 25.8 Å². The molecular formula is C22H21Br2FO3. The predicted molar refractivity (Wildman–Crippen MR) is 114 cm³/mol. The maximum Gasteiger partial charge on any atom is 0.309 e. The van der Waals surface area contributed by atoms with Gasteiger partial charge in [-0.2, -0.15) is 0 Å². The number of para-hydroxylation sites is 1. The first-order valence-electron chi connectivity index (χ1n) is 8.98. The van der Waals surface area contributed by atoms with Crippen LogP contribution in [0, 0.1) is 23.1 Å². The molecule has 3 nitrogen and oxygen atoms in total. The highest BCUT2D eigenvalue weighted by Gasteiger charge is 2.51. The van der Waals surface area contributed by atoms with Crippen LogP contribution in [0.15, 0.2) is 58.0 Å². The fourth-order valence-electron chi connectivity index (χ4n) is 3.38. The second kappa shape index (κ2) is 8.78. The molecule has 1 aliphatic rings. The fourth-order valence-corrected chi connectivity index (χ4v) is 4.02. The number of carbonyl (C=O) groups is 1. The Bertz CT molecular complexity index is 877. The summed E-state index contributed by atoms with van der Waals surface area (Å²) >= 11 is 6.75. The van der Waals surface area contributed by atoms with E-state index in [4.69, 9.17) is 9.47 Å². The molecule has 0 aliphatic heterocycles. The lowest BCUT2D eigenvalue weighted by Gasteiger charge is -2.49. The lowest BCUT2D eigenvalue weighted by Crippen LogP contribution is -2.48. The number of hydrogen-bond acceptors (Lipinski definition) is 3. The summed E-state index contributed by atoms with van der Waals surface area (Å²) in [4.78, 5) is 12.5. The van der Waals surface area contributed by atoms with E-state index in [0.29, 0.717) is 17.2 Å². The minimum Gasteiger partial charge on any atom is -0.461 e. The summed E-state index contributed by atoms with van der Waals surface area (Å²) in [6, 6.07) is 13.5. The van der Waals surface area contributed by atoms with Gasteiger partial charge in [0, 0.05) is 0 Å². The molecular weight excluding hydrogens is 491 g/mol. The topological polar surface area (TPSA) is 35.5 Å². The summed E-state index contributed by atoms with van der Waals surface area (Å²) in [5, 5.41) is 0. The number of allylic oxidation sites excluding steroid dienone is 1. The van der Waals surface area contributed by atoms with Crippen molar-refractivity contribution in [2.75, 3.05) is 0 Å². The Hall–Kier alpha value is -1.66. The van der Waals surface area contributed by atoms with Crippen molar-refractivity contribution in [1.82, 2.24) is 0 Å². The van der Waals surface area contributed by atoms with Gasteiger partial charge in [-0.25, -0.2) is 4.39 Å². The maximum atomic E-state index is 14.0. The van der Waals surface area contributed by atoms with Gasteiger partial charge in [0.2, 0.25) is 0 Å². The van der Waals surface area contributed by atoms with E-state index in [1.54, 1.807) is 24.3 Å². The molecule has 3 rings (SSSR count). The molecule has 0 aromatic heterocycles. The van der Waals surface area contributed by atoms with Crippen molar-refractivity contribution in [3.63, 3.8) is 0 Å². The zero-order valence-electron chi connectivity index (χ0n) is 15.6. The largest absolute Gasteiger partial charge is 0.461 e. The summed E-state index contributed by atoms with van der Waals surface area (Å²) < 4.78 is 26.0. The average molecular weight is 512 g/mol. The molecule has 1 aliphatic carbocycles. The van der Waals surface area contributed by atoms with Crippen LogP contribution < -0.4 is 4.74 Å². The Balaban J connectivity index is 1.61. The van der Waals surface area contributed by atoms with Gasteiger partial charge in [0.25, 0.3) is 0 Å². The molecule has 2 atom stereocenters. The van der Waals surface area contributed by atoms with Crippen molar-refractivity contribution in [2.45, 2.75) is 26.9 Å². The van der Waals surface area contributed by atoms with Crippen LogP contribution in [-0.2, 0) is 16.1 Å². The number of halogens is 3. The summed E-state index contributed by atoms with van der Waals surface area (Å²) in [5.41, 5.74) is 0.506. The fraction of sp³-hybridized carbons (Fsp3) is 0.318. The molecule has 0 bridgehead atoms. The molecule has 2 aromatic rings. The Kier molecular flexibility index (Phi) is 6.61. The SMILES string of the molecule is CC1(C)C(C=C(Br)Br)CC1C(=O)OCc1ccc(F)c(Oc2ccccc2)c1. The predicted octanol–water partition coefficient (Wildman–Crippen LogP) is 6.95. The van der Waals surface area contributed by atoms with Crippen molar-refractivity contribution in [3.8, 4) is 11.5 Å². The molecule has 6 heteroatoms. The molecule has 0 amide bonds. The molecule has 0 spiro atoms. The minimum atomic E-state index is -0.464. The van der Waals surface area contributed by atoms with Crippen LogP contribution in [-0.4, -0.2) is 5.97 Å². The molecule has 1 saturated carbocycles. The van der Waals surface area contributed by atoms with Gasteiger partial charge in [0.1, 0.15) is 12.4 Å². The van der Waals surface area contributed by atoms with Gasteiger partial charge >= 0.3 is 5.97 Å². The number of hydrogen-bond donors (Lipinski definition) is 0. The van der Waals surface area contributed by atoms with Crippen LogP contribution in [0.2, 0.25) is 0 Å². The van der Waals surface area contributed by atoms with Crippen molar-refractivity contribution in [3.05, 3.63) is 69.4 Å². The van der Waals surface area contributed by atoms with Gasteiger partial charge in [-0.15, -0.1) is 0 Å². The van der Waals surface area contributed by atoms with E-state index < -0.39 is 5.82 Å². The number of benzene rings is 2. The third-order valence-corrected chi connectivity index (χ3v) is 5.83. The van der Waals surface area contributed by atoms with Crippen molar-refractivity contribution in [1.29, 1.82) is 0 Å². The number of carbonyl (C=O) groups excluding carboxylic acids is 1. The zero-order valence-corrected chi connectivity index (χ0v) is 18.8. The number of esters is 1. The van der Waals surface area contributed by atoms with Gasteiger partial charge in [-0.05, 0) is 79.4 Å². The summed E-state index contributed by atoms with van der Waals surface area (Å²) in [6.07, 6.45) is 2.81. The van der Waals surface area contributed by atoms with E-state index >= 15 is 0 Å². The maximum absolute atomic E-state index is 14.0. The molecule has 0 saturated heterocycles. The van der Waals surface area contributed by atoms with Crippen LogP contribution in [0.3, 0.4) is 0 Å². The van der Waals surface area contributed by atoms with Gasteiger partial charge in [-0.3, -0.25) is 4.79 Å². The second-order valence-corrected chi connectivity index (χ2v) is 10.2. The lowest BCUT2D eigenvalue weighted by molar-refractivity contribution is -0.164. The van der Waals surface area contributed by atoms with E-state index in [1.807, 2.05) is 18.2 Å². The molecule has 28 heavy (non-hydrogen) atoms. The summed E-state index contributed by atoms with van der Waals surface area (Å²) in [5.74, 6) is 0.105. The minimum absolute atomic E-state index is 0.0828. The third kappa shape index (κ3) is 4.84. The van der Waals surface area contributed by atoms with E-state index in [9.17, 15) is 9.18 Å². The normalized spacial score (nSPS) is 20.0. The number of rotatable bonds is 6. The molecule has 1 fully saturated rings. The van der Waals surface area contributed by atoms with Crippen molar-refractivity contribution < 1.29 is 18.7 Å². The molecule has 0 radical (unpaired) electrons. The van der Waals surface area contributed by atoms with Crippen LogP contribution in [0.25, 0.3) is 0 Å². The van der Waals surface area contributed by atoms with Gasteiger partial charge in [-0.1, -0.05) is 44.2 Å². The Labute approximate surface area is 181 Å². The first-order chi connectivity index (χ1) is 13.3. The Morgan fingerprint density at radius 2 is 1.93 bits per heavy atom. The Morgan fingerprint density at radius 1 is 1.21 bits per heavy atom. The number of ether oxygens (including phenoxy) is 2. The molecule has 148 valence electrons. The summed E-state index contributed by atoms with van der Waals surface area (Å²) in [6.45, 7) is 4.21. The quantitative estimate of drug-likeness (QED) is 0.393. The second-order valence-electron chi connectivity index (χ2n) is 7.46. The monoisotopic (exact) mass is 510 g/mol. The first-order valence-corrected chi connectivity index (χ1v) is 10.6. The first kappa shape index (κ1) is 21.1. The highest BCUT2D eigenvalue weighted by atomic mass is 79.9. The molecule has 2 unspecified atom stereocenters. The average Bonchev–Trinajstić information content (AvgIpc) is 2.66. The zero-order chi connectivity index (χ0) is 20.3. The summed E-state index contributed by atoms with van der Waals surface area (Å²) in [7, 11) is 0. The molecule has 0 N–H and O–H groups in total. The van der Waals surface area contributed by atoms with Crippen molar-refractivity contribution in [2.24, 2.45) is 17.3 Å². The highest BCUT2D eigenvalue weighted by molar-refractivity contribution is 9.28. The van der Waals surface area contributed by atoms with Gasteiger partial charge in [0.05, 0.1) is 9.31 Å². The van der Waals surface area contributed by atoms with Gasteiger partial charge in [0.15, 0.2) is 11.6 Å². The van der Waals surface area contributed by atoms with E-state index in [2.05, 4.69) is 51.8 Å². The lowest BCUT2D eigenvalue weighted by atomic mass is 9.55. The smallest absolute Gasteiger partial charge is 0.309 e. The third-order valence-electron chi connectivity index (χ3n) is 5.30. The van der Waals surface area contributed by atoms with Gasteiger partial charge < -0.3 is 9.47 Å². The van der Waals surface area contributed by atoms with Crippen LogP contribution in [0.4, 0.5) is 4.39 Å². The molecule has 2 aromatic carbocycles. The van der Waals surface area contributed by atoms with E-state index in [0.717, 1.165) is 9.81 Å². The van der Waals surface area contributed by atoms with Crippen LogP contribution in [0.5, 0.6) is 11.5 Å². The molecule has 0 heterocycles. The Morgan fingerprint density at radius 3 is 2.57 bits per heavy atom. The van der Waals surface area contributed by atoms with Crippen LogP contribution >= 0.6 is 31.9 Å².